The van der Waals surface area contributed by atoms with E-state index in [0.717, 1.165) is 49.4 Å². The van der Waals surface area contributed by atoms with Crippen LogP contribution in [0.4, 0.5) is 0 Å². The first-order valence-corrected chi connectivity index (χ1v) is 8.65. The second-order valence-electron chi connectivity index (χ2n) is 6.80. The van der Waals surface area contributed by atoms with Crippen LogP contribution in [0.1, 0.15) is 45.3 Å². The molecule has 24 heavy (non-hydrogen) atoms. The van der Waals surface area contributed by atoms with Crippen molar-refractivity contribution in [2.75, 3.05) is 13.1 Å². The van der Waals surface area contributed by atoms with Gasteiger partial charge in [-0.1, -0.05) is 0 Å². The highest BCUT2D eigenvalue weighted by molar-refractivity contribution is 5.73. The van der Waals surface area contributed by atoms with Crippen molar-refractivity contribution >= 4 is 5.91 Å². The number of rotatable bonds is 4. The van der Waals surface area contributed by atoms with E-state index in [2.05, 4.69) is 23.9 Å². The highest BCUT2D eigenvalue weighted by Gasteiger charge is 2.21. The van der Waals surface area contributed by atoms with Crippen molar-refractivity contribution in [3.05, 3.63) is 30.4 Å². The summed E-state index contributed by atoms with van der Waals surface area (Å²) >= 11 is 0. The molecule has 1 fully saturated rings. The molecule has 0 atom stereocenters. The first kappa shape index (κ1) is 16.6. The first-order valence-electron chi connectivity index (χ1n) is 8.65. The molecule has 0 spiro atoms. The lowest BCUT2D eigenvalue weighted by atomic mass is 9.92. The molecular formula is C18H25N5O. The second-order valence-corrected chi connectivity index (χ2v) is 6.80. The smallest absolute Gasteiger partial charge is 0.219 e. The van der Waals surface area contributed by atoms with Gasteiger partial charge in [0.25, 0.3) is 0 Å². The van der Waals surface area contributed by atoms with E-state index in [1.54, 1.807) is 19.3 Å². The van der Waals surface area contributed by atoms with E-state index < -0.39 is 0 Å². The number of likely N-dealkylation sites (tertiary alicyclic amines) is 1. The van der Waals surface area contributed by atoms with Crippen LogP contribution in [0.15, 0.2) is 24.7 Å². The van der Waals surface area contributed by atoms with E-state index in [4.69, 9.17) is 4.98 Å². The maximum atomic E-state index is 11.4. The minimum absolute atomic E-state index is 0.178. The third-order valence-electron chi connectivity index (χ3n) is 4.66. The van der Waals surface area contributed by atoms with Gasteiger partial charge in [0.1, 0.15) is 5.69 Å². The van der Waals surface area contributed by atoms with Crippen LogP contribution in [-0.4, -0.2) is 43.6 Å². The maximum absolute atomic E-state index is 11.4. The molecule has 0 saturated carbocycles. The van der Waals surface area contributed by atoms with Crippen LogP contribution in [0.2, 0.25) is 0 Å². The fraction of sp³-hybridized carbons (Fsp3) is 0.556. The van der Waals surface area contributed by atoms with Gasteiger partial charge in [0.15, 0.2) is 0 Å². The Labute approximate surface area is 142 Å². The Kier molecular flexibility index (Phi) is 4.92. The van der Waals surface area contributed by atoms with E-state index in [1.807, 2.05) is 21.8 Å². The molecule has 3 heterocycles. The summed E-state index contributed by atoms with van der Waals surface area (Å²) in [4.78, 5) is 22.5. The van der Waals surface area contributed by atoms with Crippen molar-refractivity contribution < 1.29 is 4.79 Å². The van der Waals surface area contributed by atoms with E-state index >= 15 is 0 Å². The van der Waals surface area contributed by atoms with E-state index in [9.17, 15) is 4.79 Å². The van der Waals surface area contributed by atoms with Gasteiger partial charge < -0.3 is 4.90 Å². The number of amides is 1. The maximum Gasteiger partial charge on any atom is 0.219 e. The van der Waals surface area contributed by atoms with Gasteiger partial charge >= 0.3 is 0 Å². The van der Waals surface area contributed by atoms with Gasteiger partial charge in [-0.2, -0.15) is 5.10 Å². The molecule has 0 bridgehead atoms. The number of aromatic nitrogens is 4. The lowest BCUT2D eigenvalue weighted by molar-refractivity contribution is -0.130. The summed E-state index contributed by atoms with van der Waals surface area (Å²) < 4.78 is 1.97. The van der Waals surface area contributed by atoms with Crippen molar-refractivity contribution in [3.8, 4) is 11.4 Å². The topological polar surface area (TPSA) is 63.9 Å². The molecule has 128 valence electrons. The highest BCUT2D eigenvalue weighted by Crippen LogP contribution is 2.23. The largest absolute Gasteiger partial charge is 0.343 e. The summed E-state index contributed by atoms with van der Waals surface area (Å²) in [5, 5.41) is 4.37. The molecule has 2 aromatic heterocycles. The number of hydrogen-bond acceptors (Lipinski definition) is 4. The number of carbonyl (C=O) groups is 1. The Hall–Kier alpha value is -2.24. The summed E-state index contributed by atoms with van der Waals surface area (Å²) in [5.41, 5.74) is 2.90. The normalized spacial score (nSPS) is 15.9. The van der Waals surface area contributed by atoms with Crippen molar-refractivity contribution in [3.63, 3.8) is 0 Å². The Morgan fingerprint density at radius 3 is 2.71 bits per heavy atom. The summed E-state index contributed by atoms with van der Waals surface area (Å²) in [6.45, 7) is 7.57. The predicted molar refractivity (Wildman–Crippen MR) is 92.3 cm³/mol. The van der Waals surface area contributed by atoms with Gasteiger partial charge in [-0.05, 0) is 45.1 Å². The third-order valence-corrected chi connectivity index (χ3v) is 4.66. The van der Waals surface area contributed by atoms with Crippen molar-refractivity contribution in [1.29, 1.82) is 0 Å². The Balaban J connectivity index is 1.70. The van der Waals surface area contributed by atoms with Crippen LogP contribution in [0.3, 0.4) is 0 Å². The molecule has 6 heteroatoms. The van der Waals surface area contributed by atoms with E-state index in [-0.39, 0.29) is 11.9 Å². The van der Waals surface area contributed by atoms with Crippen LogP contribution in [0.5, 0.6) is 0 Å². The van der Waals surface area contributed by atoms with Crippen LogP contribution < -0.4 is 0 Å². The summed E-state index contributed by atoms with van der Waals surface area (Å²) in [6.07, 6.45) is 8.46. The SMILES string of the molecule is CC(=O)N1CCC(Cc2cncc(-c3ccnn3C(C)C)n2)CC1. The number of nitrogens with zero attached hydrogens (tertiary/aromatic N) is 5. The molecule has 6 nitrogen and oxygen atoms in total. The molecule has 0 aromatic carbocycles. The zero-order valence-electron chi connectivity index (χ0n) is 14.6. The molecule has 1 saturated heterocycles. The van der Waals surface area contributed by atoms with Crippen LogP contribution in [0.25, 0.3) is 11.4 Å². The van der Waals surface area contributed by atoms with E-state index in [0.29, 0.717) is 5.92 Å². The number of piperidine rings is 1. The lowest BCUT2D eigenvalue weighted by Crippen LogP contribution is -2.37. The van der Waals surface area contributed by atoms with Crippen LogP contribution >= 0.6 is 0 Å². The Morgan fingerprint density at radius 1 is 1.29 bits per heavy atom. The van der Waals surface area contributed by atoms with Crippen LogP contribution in [0, 0.1) is 5.92 Å². The van der Waals surface area contributed by atoms with Gasteiger partial charge in [-0.25, -0.2) is 4.98 Å². The molecule has 0 aliphatic carbocycles. The molecule has 3 rings (SSSR count). The number of carbonyl (C=O) groups excluding carboxylic acids is 1. The zero-order valence-corrected chi connectivity index (χ0v) is 14.6. The second kappa shape index (κ2) is 7.11. The van der Waals surface area contributed by atoms with Gasteiger partial charge in [-0.3, -0.25) is 14.5 Å². The third kappa shape index (κ3) is 3.63. The average Bonchev–Trinajstić information content (AvgIpc) is 3.05. The summed E-state index contributed by atoms with van der Waals surface area (Å²) in [6, 6.07) is 2.27. The predicted octanol–water partition coefficient (Wildman–Crippen LogP) is 2.72. The zero-order chi connectivity index (χ0) is 17.1. The van der Waals surface area contributed by atoms with Gasteiger partial charge in [0.2, 0.25) is 5.91 Å². The van der Waals surface area contributed by atoms with Crippen molar-refractivity contribution in [2.45, 2.75) is 46.1 Å². The van der Waals surface area contributed by atoms with Crippen molar-refractivity contribution in [2.24, 2.45) is 5.92 Å². The number of hydrogen-bond donors (Lipinski definition) is 0. The van der Waals surface area contributed by atoms with Gasteiger partial charge in [-0.15, -0.1) is 0 Å². The lowest BCUT2D eigenvalue weighted by Gasteiger charge is -2.31. The van der Waals surface area contributed by atoms with Gasteiger partial charge in [0, 0.05) is 38.4 Å². The van der Waals surface area contributed by atoms with Crippen LogP contribution in [-0.2, 0) is 11.2 Å². The standard InChI is InChI=1S/C18H25N5O/c1-13(2)23-18(4-7-20-23)17-12-19-11-16(21-17)10-15-5-8-22(9-6-15)14(3)24/h4,7,11-13,15H,5-6,8-10H2,1-3H3. The molecule has 0 N–H and O–H groups in total. The molecule has 1 aliphatic heterocycles. The quantitative estimate of drug-likeness (QED) is 0.866. The minimum atomic E-state index is 0.178. The fourth-order valence-electron chi connectivity index (χ4n) is 3.30. The molecule has 2 aromatic rings. The highest BCUT2D eigenvalue weighted by atomic mass is 16.2. The molecule has 0 unspecified atom stereocenters. The first-order chi connectivity index (χ1) is 11.5. The molecule has 1 aliphatic rings. The average molecular weight is 327 g/mol. The Morgan fingerprint density at radius 2 is 2.04 bits per heavy atom. The minimum Gasteiger partial charge on any atom is -0.343 e. The molecule has 0 radical (unpaired) electrons. The van der Waals surface area contributed by atoms with Gasteiger partial charge in [0.05, 0.1) is 17.6 Å². The Bertz CT molecular complexity index is 701. The molecular weight excluding hydrogens is 302 g/mol. The van der Waals surface area contributed by atoms with Crippen molar-refractivity contribution in [1.82, 2.24) is 24.6 Å². The summed E-state index contributed by atoms with van der Waals surface area (Å²) in [5.74, 6) is 0.748. The molecule has 1 amide bonds. The monoisotopic (exact) mass is 327 g/mol. The van der Waals surface area contributed by atoms with E-state index in [1.165, 1.54) is 0 Å². The fourth-order valence-corrected chi connectivity index (χ4v) is 3.30. The summed E-state index contributed by atoms with van der Waals surface area (Å²) in [7, 11) is 0.